The number of aromatic nitrogens is 3. The van der Waals surface area contributed by atoms with E-state index in [1.165, 1.54) is 4.68 Å². The Balaban J connectivity index is 2.63. The van der Waals surface area contributed by atoms with Crippen LogP contribution in [0.2, 0.25) is 0 Å². The minimum atomic E-state index is -0.221. The molecule has 2 heterocycles. The summed E-state index contributed by atoms with van der Waals surface area (Å²) in [4.78, 5) is 15.9. The molecule has 0 spiro atoms. The van der Waals surface area contributed by atoms with Crippen molar-refractivity contribution in [2.45, 2.75) is 26.2 Å². The number of hydrogen-bond donors (Lipinski definition) is 2. The van der Waals surface area contributed by atoms with E-state index in [2.05, 4.69) is 10.1 Å². The van der Waals surface area contributed by atoms with Crippen molar-refractivity contribution in [1.82, 2.24) is 14.8 Å². The predicted octanol–water partition coefficient (Wildman–Crippen LogP) is 1.44. The van der Waals surface area contributed by atoms with Gasteiger partial charge in [0.25, 0.3) is 5.56 Å². The van der Waals surface area contributed by atoms with Crippen LogP contribution in [0.1, 0.15) is 26.5 Å². The van der Waals surface area contributed by atoms with Crippen LogP contribution in [0.5, 0.6) is 0 Å². The summed E-state index contributed by atoms with van der Waals surface area (Å²) in [7, 11) is 0. The van der Waals surface area contributed by atoms with Gasteiger partial charge >= 0.3 is 0 Å². The van der Waals surface area contributed by atoms with Gasteiger partial charge < -0.3 is 5.73 Å². The monoisotopic (exact) mass is 232 g/mol. The van der Waals surface area contributed by atoms with E-state index < -0.39 is 0 Å². The van der Waals surface area contributed by atoms with Gasteiger partial charge in [-0.05, 0) is 12.1 Å². The molecule has 5 heteroatoms. The van der Waals surface area contributed by atoms with Crippen molar-refractivity contribution >= 4 is 5.69 Å². The number of aromatic amines is 1. The molecule has 2 aromatic heterocycles. The number of nitrogen functional groups attached to an aromatic ring is 1. The summed E-state index contributed by atoms with van der Waals surface area (Å²) in [6, 6.07) is 3.51. The number of nitrogens with zero attached hydrogens (tertiary/aromatic N) is 2. The lowest BCUT2D eigenvalue weighted by molar-refractivity contribution is 0.561. The Labute approximate surface area is 99.3 Å². The van der Waals surface area contributed by atoms with Crippen LogP contribution in [0, 0.1) is 0 Å². The van der Waals surface area contributed by atoms with Gasteiger partial charge in [-0.2, -0.15) is 0 Å². The SMILES string of the molecule is CC(C)(C)c1[nH]n(-c2ccncc2)c(=O)c1N. The average molecular weight is 232 g/mol. The van der Waals surface area contributed by atoms with Gasteiger partial charge in [0.05, 0.1) is 11.4 Å². The molecule has 0 radical (unpaired) electrons. The Kier molecular flexibility index (Phi) is 2.53. The molecule has 0 aliphatic rings. The largest absolute Gasteiger partial charge is 0.393 e. The smallest absolute Gasteiger partial charge is 0.294 e. The highest BCUT2D eigenvalue weighted by Crippen LogP contribution is 2.24. The molecular formula is C12H16N4O. The molecule has 90 valence electrons. The fourth-order valence-electron chi connectivity index (χ4n) is 1.70. The molecule has 2 aromatic rings. The number of rotatable bonds is 1. The highest BCUT2D eigenvalue weighted by molar-refractivity contribution is 5.47. The van der Waals surface area contributed by atoms with Crippen LogP contribution in [0.4, 0.5) is 5.69 Å². The average Bonchev–Trinajstić information content (AvgIpc) is 2.57. The van der Waals surface area contributed by atoms with Gasteiger partial charge in [0.2, 0.25) is 0 Å². The molecule has 0 aliphatic carbocycles. The summed E-state index contributed by atoms with van der Waals surface area (Å²) in [6.07, 6.45) is 3.27. The quantitative estimate of drug-likeness (QED) is 0.781. The van der Waals surface area contributed by atoms with Crippen LogP contribution in [-0.2, 0) is 5.41 Å². The van der Waals surface area contributed by atoms with E-state index in [4.69, 9.17) is 5.73 Å². The topological polar surface area (TPSA) is 76.7 Å². The van der Waals surface area contributed by atoms with E-state index in [1.807, 2.05) is 20.8 Å². The molecule has 3 N–H and O–H groups in total. The van der Waals surface area contributed by atoms with Crippen molar-refractivity contribution in [1.29, 1.82) is 0 Å². The maximum atomic E-state index is 12.0. The fourth-order valence-corrected chi connectivity index (χ4v) is 1.70. The first-order chi connectivity index (χ1) is 7.91. The second-order valence-corrected chi connectivity index (χ2v) is 5.00. The van der Waals surface area contributed by atoms with Gasteiger partial charge in [0.15, 0.2) is 0 Å². The first kappa shape index (κ1) is 11.4. The lowest BCUT2D eigenvalue weighted by Gasteiger charge is -2.16. The molecule has 0 atom stereocenters. The molecule has 0 saturated heterocycles. The fraction of sp³-hybridized carbons (Fsp3) is 0.333. The molecule has 0 saturated carbocycles. The molecule has 0 bridgehead atoms. The van der Waals surface area contributed by atoms with Gasteiger partial charge in [0.1, 0.15) is 5.69 Å². The van der Waals surface area contributed by atoms with Crippen LogP contribution in [0.25, 0.3) is 5.69 Å². The van der Waals surface area contributed by atoms with Crippen molar-refractivity contribution in [3.05, 3.63) is 40.6 Å². The zero-order valence-corrected chi connectivity index (χ0v) is 10.2. The second-order valence-electron chi connectivity index (χ2n) is 5.00. The number of hydrogen-bond acceptors (Lipinski definition) is 3. The third-order valence-corrected chi connectivity index (χ3v) is 2.60. The van der Waals surface area contributed by atoms with Crippen molar-refractivity contribution in [2.24, 2.45) is 0 Å². The van der Waals surface area contributed by atoms with Crippen molar-refractivity contribution in [3.63, 3.8) is 0 Å². The molecular weight excluding hydrogens is 216 g/mol. The molecule has 0 aliphatic heterocycles. The summed E-state index contributed by atoms with van der Waals surface area (Å²) in [6.45, 7) is 6.02. The maximum absolute atomic E-state index is 12.0. The maximum Gasteiger partial charge on any atom is 0.294 e. The number of nitrogens with two attached hydrogens (primary N) is 1. The molecule has 0 unspecified atom stereocenters. The molecule has 0 amide bonds. The molecule has 0 aromatic carbocycles. The Hall–Kier alpha value is -2.04. The minimum absolute atomic E-state index is 0.193. The minimum Gasteiger partial charge on any atom is -0.393 e. The first-order valence-corrected chi connectivity index (χ1v) is 5.42. The number of nitrogens with one attached hydrogen (secondary N) is 1. The van der Waals surface area contributed by atoms with E-state index in [0.717, 1.165) is 11.4 Å². The Morgan fingerprint density at radius 1 is 1.29 bits per heavy atom. The number of anilines is 1. The van der Waals surface area contributed by atoms with Crippen LogP contribution in [0.15, 0.2) is 29.3 Å². The van der Waals surface area contributed by atoms with E-state index in [1.54, 1.807) is 24.5 Å². The summed E-state index contributed by atoms with van der Waals surface area (Å²) >= 11 is 0. The van der Waals surface area contributed by atoms with Gasteiger partial charge in [-0.1, -0.05) is 20.8 Å². The zero-order valence-electron chi connectivity index (χ0n) is 10.2. The first-order valence-electron chi connectivity index (χ1n) is 5.42. The van der Waals surface area contributed by atoms with E-state index in [0.29, 0.717) is 0 Å². The summed E-state index contributed by atoms with van der Waals surface area (Å²) in [5, 5.41) is 3.06. The molecule has 5 nitrogen and oxygen atoms in total. The van der Waals surface area contributed by atoms with E-state index in [9.17, 15) is 4.79 Å². The number of H-pyrrole nitrogens is 1. The third-order valence-electron chi connectivity index (χ3n) is 2.60. The lowest BCUT2D eigenvalue weighted by atomic mass is 9.91. The van der Waals surface area contributed by atoms with Gasteiger partial charge in [-0.3, -0.25) is 14.9 Å². The molecule has 2 rings (SSSR count). The van der Waals surface area contributed by atoms with Crippen LogP contribution in [0.3, 0.4) is 0 Å². The predicted molar refractivity (Wildman–Crippen MR) is 67.3 cm³/mol. The third kappa shape index (κ3) is 1.95. The van der Waals surface area contributed by atoms with Crippen molar-refractivity contribution < 1.29 is 0 Å². The van der Waals surface area contributed by atoms with Crippen LogP contribution < -0.4 is 11.3 Å². The summed E-state index contributed by atoms with van der Waals surface area (Å²) < 4.78 is 1.44. The molecule has 17 heavy (non-hydrogen) atoms. The van der Waals surface area contributed by atoms with Crippen molar-refractivity contribution in [3.8, 4) is 5.69 Å². The van der Waals surface area contributed by atoms with Crippen LogP contribution >= 0.6 is 0 Å². The standard InChI is InChI=1S/C12H16N4O/c1-12(2,3)10-9(13)11(17)16(15-10)8-4-6-14-7-5-8/h4-7,15H,13H2,1-3H3. The second kappa shape index (κ2) is 3.76. The Bertz CT molecular complexity index is 575. The van der Waals surface area contributed by atoms with E-state index >= 15 is 0 Å². The normalized spacial score (nSPS) is 11.7. The van der Waals surface area contributed by atoms with Crippen molar-refractivity contribution in [2.75, 3.05) is 5.73 Å². The summed E-state index contributed by atoms with van der Waals surface area (Å²) in [5.41, 5.74) is 7.18. The summed E-state index contributed by atoms with van der Waals surface area (Å²) in [5.74, 6) is 0. The zero-order chi connectivity index (χ0) is 12.6. The van der Waals surface area contributed by atoms with Gasteiger partial charge in [-0.25, -0.2) is 4.68 Å². The Morgan fingerprint density at radius 2 is 1.88 bits per heavy atom. The van der Waals surface area contributed by atoms with Gasteiger partial charge in [0, 0.05) is 17.8 Å². The highest BCUT2D eigenvalue weighted by Gasteiger charge is 2.23. The van der Waals surface area contributed by atoms with E-state index in [-0.39, 0.29) is 16.7 Å². The van der Waals surface area contributed by atoms with Gasteiger partial charge in [-0.15, -0.1) is 0 Å². The highest BCUT2D eigenvalue weighted by atomic mass is 16.1. The van der Waals surface area contributed by atoms with Crippen LogP contribution in [-0.4, -0.2) is 14.8 Å². The molecule has 0 fully saturated rings. The number of pyridine rings is 1. The lowest BCUT2D eigenvalue weighted by Crippen LogP contribution is -2.17. The Morgan fingerprint density at radius 3 is 2.35 bits per heavy atom.